The van der Waals surface area contributed by atoms with Crippen LogP contribution in [0.5, 0.6) is 0 Å². The van der Waals surface area contributed by atoms with Crippen molar-refractivity contribution in [1.29, 1.82) is 0 Å². The molecular formula is C21H39N7O8. The normalized spacial score (nSPS) is 18.5. The van der Waals surface area contributed by atoms with Crippen LogP contribution in [-0.2, 0) is 24.0 Å². The third-order valence-electron chi connectivity index (χ3n) is 5.73. The number of carboxylic acids is 3. The SMILES string of the molecule is NC(=O)CN1CCN(CC(=O)O)CCN(CC(=O)NCCCC(N)C(=O)O)CCN(CC(=O)O)CC1. The molecule has 1 aliphatic heterocycles. The highest BCUT2D eigenvalue weighted by atomic mass is 16.4. The number of carboxylic acid groups (broad SMARTS) is 3. The van der Waals surface area contributed by atoms with Gasteiger partial charge >= 0.3 is 17.9 Å². The van der Waals surface area contributed by atoms with E-state index >= 15 is 0 Å². The molecule has 15 nitrogen and oxygen atoms in total. The molecule has 1 atom stereocenters. The second-order valence-corrected chi connectivity index (χ2v) is 8.80. The average molecular weight is 518 g/mol. The van der Waals surface area contributed by atoms with Gasteiger partial charge in [0.05, 0.1) is 26.2 Å². The molecule has 8 N–H and O–H groups in total. The summed E-state index contributed by atoms with van der Waals surface area (Å²) in [6, 6.07) is -0.990. The van der Waals surface area contributed by atoms with Crippen LogP contribution in [0.3, 0.4) is 0 Å². The Morgan fingerprint density at radius 1 is 0.694 bits per heavy atom. The molecule has 0 spiro atoms. The van der Waals surface area contributed by atoms with Crippen LogP contribution in [0.15, 0.2) is 0 Å². The van der Waals surface area contributed by atoms with Gasteiger partial charge in [-0.2, -0.15) is 0 Å². The molecular weight excluding hydrogens is 478 g/mol. The maximum Gasteiger partial charge on any atom is 0.320 e. The lowest BCUT2D eigenvalue weighted by molar-refractivity contribution is -0.139. The molecule has 0 bridgehead atoms. The van der Waals surface area contributed by atoms with Crippen LogP contribution in [0.1, 0.15) is 12.8 Å². The minimum Gasteiger partial charge on any atom is -0.480 e. The topological polar surface area (TPSA) is 223 Å². The highest BCUT2D eigenvalue weighted by molar-refractivity contribution is 5.78. The Balaban J connectivity index is 2.82. The summed E-state index contributed by atoms with van der Waals surface area (Å²) < 4.78 is 0. The quantitative estimate of drug-likeness (QED) is 0.129. The van der Waals surface area contributed by atoms with Gasteiger partial charge in [0.1, 0.15) is 6.04 Å². The lowest BCUT2D eigenvalue weighted by Crippen LogP contribution is -2.50. The van der Waals surface area contributed by atoms with Gasteiger partial charge in [-0.15, -0.1) is 0 Å². The van der Waals surface area contributed by atoms with Crippen molar-refractivity contribution >= 4 is 29.7 Å². The fraction of sp³-hybridized carbons (Fsp3) is 0.762. The standard InChI is InChI=1S/C21H39N7O8/c22-16(21(35)36)2-1-3-24-18(30)13-26-6-10-27(14-19(31)32)8-4-25(12-17(23)29)5-9-28(11-7-26)15-20(33)34/h16H,1-15,22H2,(H2,23,29)(H,24,30)(H,31,32)(H,33,34)(H,35,36). The van der Waals surface area contributed by atoms with Gasteiger partial charge in [-0.1, -0.05) is 0 Å². The number of hydrogen-bond acceptors (Lipinski definition) is 10. The second-order valence-electron chi connectivity index (χ2n) is 8.80. The number of carbonyl (C=O) groups excluding carboxylic acids is 2. The summed E-state index contributed by atoms with van der Waals surface area (Å²) in [5.41, 5.74) is 10.8. The molecule has 0 aliphatic carbocycles. The molecule has 206 valence electrons. The molecule has 0 aromatic heterocycles. The fourth-order valence-corrected chi connectivity index (χ4v) is 3.75. The molecule has 0 aromatic rings. The predicted octanol–water partition coefficient (Wildman–Crippen LogP) is -3.83. The number of primary amides is 1. The smallest absolute Gasteiger partial charge is 0.320 e. The zero-order valence-corrected chi connectivity index (χ0v) is 20.5. The van der Waals surface area contributed by atoms with Gasteiger partial charge in [-0.05, 0) is 12.8 Å². The highest BCUT2D eigenvalue weighted by Crippen LogP contribution is 2.01. The average Bonchev–Trinajstić information content (AvgIpc) is 2.77. The maximum absolute atomic E-state index is 12.5. The number of amides is 2. The highest BCUT2D eigenvalue weighted by Gasteiger charge is 2.21. The molecule has 1 aliphatic rings. The van der Waals surface area contributed by atoms with Crippen LogP contribution < -0.4 is 16.8 Å². The van der Waals surface area contributed by atoms with E-state index in [1.165, 1.54) is 0 Å². The van der Waals surface area contributed by atoms with E-state index in [9.17, 15) is 34.2 Å². The molecule has 0 saturated carbocycles. The van der Waals surface area contributed by atoms with Crippen molar-refractivity contribution < 1.29 is 39.3 Å². The molecule has 0 radical (unpaired) electrons. The Bertz CT molecular complexity index is 722. The van der Waals surface area contributed by atoms with E-state index in [-0.39, 0.29) is 45.1 Å². The summed E-state index contributed by atoms with van der Waals surface area (Å²) >= 11 is 0. The van der Waals surface area contributed by atoms with E-state index < -0.39 is 29.9 Å². The Hall–Kier alpha value is -2.85. The largest absolute Gasteiger partial charge is 0.480 e. The van der Waals surface area contributed by atoms with Gasteiger partial charge in [0.25, 0.3) is 0 Å². The van der Waals surface area contributed by atoms with Crippen LogP contribution in [0, 0.1) is 0 Å². The van der Waals surface area contributed by atoms with Crippen LogP contribution in [-0.4, -0.2) is 156 Å². The van der Waals surface area contributed by atoms with Crippen molar-refractivity contribution in [2.75, 3.05) is 85.1 Å². The molecule has 1 heterocycles. The van der Waals surface area contributed by atoms with Crippen LogP contribution >= 0.6 is 0 Å². The molecule has 36 heavy (non-hydrogen) atoms. The van der Waals surface area contributed by atoms with Gasteiger partial charge < -0.3 is 32.1 Å². The molecule has 1 rings (SSSR count). The molecule has 1 saturated heterocycles. The number of aliphatic carboxylic acids is 3. The number of rotatable bonds is 13. The van der Waals surface area contributed by atoms with E-state index in [0.717, 1.165) is 0 Å². The first kappa shape index (κ1) is 31.2. The lowest BCUT2D eigenvalue weighted by Gasteiger charge is -2.33. The van der Waals surface area contributed by atoms with Gasteiger partial charge in [0.2, 0.25) is 11.8 Å². The number of nitrogens with zero attached hydrogens (tertiary/aromatic N) is 4. The van der Waals surface area contributed by atoms with Crippen LogP contribution in [0.2, 0.25) is 0 Å². The van der Waals surface area contributed by atoms with Crippen molar-refractivity contribution in [3.8, 4) is 0 Å². The van der Waals surface area contributed by atoms with E-state index in [4.69, 9.17) is 16.6 Å². The lowest BCUT2D eigenvalue weighted by atomic mass is 10.2. The van der Waals surface area contributed by atoms with Crippen molar-refractivity contribution in [3.63, 3.8) is 0 Å². The third kappa shape index (κ3) is 14.5. The number of hydrogen-bond donors (Lipinski definition) is 6. The van der Waals surface area contributed by atoms with Gasteiger partial charge in [-0.3, -0.25) is 43.6 Å². The summed E-state index contributed by atoms with van der Waals surface area (Å²) in [7, 11) is 0. The van der Waals surface area contributed by atoms with Crippen molar-refractivity contribution in [2.24, 2.45) is 11.5 Å². The van der Waals surface area contributed by atoms with Crippen LogP contribution in [0.4, 0.5) is 0 Å². The molecule has 1 unspecified atom stereocenters. The first-order valence-corrected chi connectivity index (χ1v) is 11.8. The van der Waals surface area contributed by atoms with Crippen molar-refractivity contribution in [2.45, 2.75) is 18.9 Å². The van der Waals surface area contributed by atoms with E-state index in [1.807, 2.05) is 4.90 Å². The van der Waals surface area contributed by atoms with Crippen molar-refractivity contribution in [3.05, 3.63) is 0 Å². The number of nitrogens with two attached hydrogens (primary N) is 2. The number of carbonyl (C=O) groups is 5. The summed E-state index contributed by atoms with van der Waals surface area (Å²) in [5.74, 6) is -3.91. The minimum atomic E-state index is -1.10. The monoisotopic (exact) mass is 517 g/mol. The Morgan fingerprint density at radius 2 is 1.08 bits per heavy atom. The number of nitrogens with one attached hydrogen (secondary N) is 1. The second kappa shape index (κ2) is 16.8. The summed E-state index contributed by atoms with van der Waals surface area (Å²) in [6.45, 7) is 2.69. The molecule has 15 heteroatoms. The van der Waals surface area contributed by atoms with Crippen LogP contribution in [0.25, 0.3) is 0 Å². The van der Waals surface area contributed by atoms with Gasteiger partial charge in [0, 0.05) is 58.9 Å². The zero-order chi connectivity index (χ0) is 27.1. The first-order valence-electron chi connectivity index (χ1n) is 11.8. The minimum absolute atomic E-state index is 0.0145. The Labute approximate surface area is 209 Å². The Morgan fingerprint density at radius 3 is 1.44 bits per heavy atom. The maximum atomic E-state index is 12.5. The predicted molar refractivity (Wildman–Crippen MR) is 128 cm³/mol. The molecule has 0 aromatic carbocycles. The molecule has 2 amide bonds. The third-order valence-corrected chi connectivity index (χ3v) is 5.73. The van der Waals surface area contributed by atoms with E-state index in [1.54, 1.807) is 14.7 Å². The first-order chi connectivity index (χ1) is 17.0. The van der Waals surface area contributed by atoms with E-state index in [2.05, 4.69) is 5.32 Å². The summed E-state index contributed by atoms with van der Waals surface area (Å²) in [4.78, 5) is 64.4. The van der Waals surface area contributed by atoms with E-state index in [0.29, 0.717) is 58.8 Å². The van der Waals surface area contributed by atoms with Gasteiger partial charge in [-0.25, -0.2) is 0 Å². The Kier molecular flexibility index (Phi) is 14.5. The fourth-order valence-electron chi connectivity index (χ4n) is 3.75. The summed E-state index contributed by atoms with van der Waals surface area (Å²) in [5, 5.41) is 30.1. The van der Waals surface area contributed by atoms with Crippen molar-refractivity contribution in [1.82, 2.24) is 24.9 Å². The van der Waals surface area contributed by atoms with Gasteiger partial charge in [0.15, 0.2) is 0 Å². The summed E-state index contributed by atoms with van der Waals surface area (Å²) in [6.07, 6.45) is 0.625. The molecule has 1 fully saturated rings. The zero-order valence-electron chi connectivity index (χ0n) is 20.5.